The maximum Gasteiger partial charge on any atom is 0.458 e. The SMILES string of the molecule is C/C=C/C(CCCC)B(O)O. The van der Waals surface area contributed by atoms with Crippen molar-refractivity contribution < 1.29 is 10.0 Å². The number of hydrogen-bond donors (Lipinski definition) is 2. The van der Waals surface area contributed by atoms with Gasteiger partial charge in [-0.2, -0.15) is 0 Å². The van der Waals surface area contributed by atoms with E-state index in [1.165, 1.54) is 0 Å². The van der Waals surface area contributed by atoms with Crippen molar-refractivity contribution in [3.8, 4) is 0 Å². The lowest BCUT2D eigenvalue weighted by Crippen LogP contribution is -2.18. The largest absolute Gasteiger partial charge is 0.458 e. The van der Waals surface area contributed by atoms with Gasteiger partial charge in [0.05, 0.1) is 0 Å². The molecular weight excluding hydrogens is 139 g/mol. The molecule has 0 rings (SSSR count). The van der Waals surface area contributed by atoms with Crippen molar-refractivity contribution in [1.82, 2.24) is 0 Å². The average Bonchev–Trinajstić information content (AvgIpc) is 1.97. The van der Waals surface area contributed by atoms with Crippen LogP contribution < -0.4 is 0 Å². The highest BCUT2D eigenvalue weighted by molar-refractivity contribution is 6.43. The van der Waals surface area contributed by atoms with Crippen molar-refractivity contribution >= 4 is 7.12 Å². The third-order valence-corrected chi connectivity index (χ3v) is 1.71. The maximum absolute atomic E-state index is 8.87. The van der Waals surface area contributed by atoms with Crippen LogP contribution in [0.3, 0.4) is 0 Å². The van der Waals surface area contributed by atoms with Crippen LogP contribution in [0.4, 0.5) is 0 Å². The molecule has 64 valence electrons. The molecule has 0 aromatic carbocycles. The lowest BCUT2D eigenvalue weighted by Gasteiger charge is -2.09. The molecule has 0 bridgehead atoms. The summed E-state index contributed by atoms with van der Waals surface area (Å²) in [6.45, 7) is 3.98. The Morgan fingerprint density at radius 3 is 2.45 bits per heavy atom. The topological polar surface area (TPSA) is 40.5 Å². The molecule has 0 fully saturated rings. The van der Waals surface area contributed by atoms with Crippen LogP contribution in [0.5, 0.6) is 0 Å². The van der Waals surface area contributed by atoms with Crippen LogP contribution in [0.25, 0.3) is 0 Å². The van der Waals surface area contributed by atoms with E-state index in [4.69, 9.17) is 10.0 Å². The Morgan fingerprint density at radius 2 is 2.09 bits per heavy atom. The van der Waals surface area contributed by atoms with Crippen LogP contribution in [-0.4, -0.2) is 17.2 Å². The van der Waals surface area contributed by atoms with Gasteiger partial charge in [0.1, 0.15) is 0 Å². The predicted molar refractivity (Wildman–Crippen MR) is 48.3 cm³/mol. The van der Waals surface area contributed by atoms with E-state index >= 15 is 0 Å². The van der Waals surface area contributed by atoms with E-state index in [0.29, 0.717) is 0 Å². The normalized spacial score (nSPS) is 13.8. The van der Waals surface area contributed by atoms with Gasteiger partial charge in [0.25, 0.3) is 0 Å². The first kappa shape index (κ1) is 10.7. The molecule has 11 heavy (non-hydrogen) atoms. The van der Waals surface area contributed by atoms with Gasteiger partial charge >= 0.3 is 7.12 Å². The monoisotopic (exact) mass is 156 g/mol. The molecule has 0 amide bonds. The smallest absolute Gasteiger partial charge is 0.427 e. The van der Waals surface area contributed by atoms with E-state index in [1.807, 2.05) is 19.1 Å². The Kier molecular flexibility index (Phi) is 6.28. The molecule has 1 unspecified atom stereocenters. The van der Waals surface area contributed by atoms with Crippen LogP contribution >= 0.6 is 0 Å². The Bertz CT molecular complexity index is 113. The summed E-state index contributed by atoms with van der Waals surface area (Å²) in [5.41, 5.74) is 0. The summed E-state index contributed by atoms with van der Waals surface area (Å²) < 4.78 is 0. The molecule has 1 atom stereocenters. The zero-order valence-corrected chi connectivity index (χ0v) is 7.33. The fourth-order valence-electron chi connectivity index (χ4n) is 1.03. The summed E-state index contributed by atoms with van der Waals surface area (Å²) in [6.07, 6.45) is 6.71. The van der Waals surface area contributed by atoms with Crippen LogP contribution in [-0.2, 0) is 0 Å². The van der Waals surface area contributed by atoms with Crippen molar-refractivity contribution in [3.63, 3.8) is 0 Å². The number of hydrogen-bond acceptors (Lipinski definition) is 2. The molecule has 0 aliphatic heterocycles. The summed E-state index contributed by atoms with van der Waals surface area (Å²) in [5, 5.41) is 17.7. The van der Waals surface area contributed by atoms with E-state index in [0.717, 1.165) is 19.3 Å². The van der Waals surface area contributed by atoms with Gasteiger partial charge in [0, 0.05) is 5.82 Å². The second-order valence-corrected chi connectivity index (χ2v) is 2.75. The average molecular weight is 156 g/mol. The minimum Gasteiger partial charge on any atom is -0.427 e. The van der Waals surface area contributed by atoms with Gasteiger partial charge in [-0.15, -0.1) is 0 Å². The predicted octanol–water partition coefficient (Wildman–Crippen LogP) is 1.60. The molecule has 0 saturated carbocycles. The van der Waals surface area contributed by atoms with E-state index < -0.39 is 7.12 Å². The highest BCUT2D eigenvalue weighted by Crippen LogP contribution is 2.17. The minimum atomic E-state index is -1.20. The molecule has 0 aliphatic rings. The fourth-order valence-corrected chi connectivity index (χ4v) is 1.03. The van der Waals surface area contributed by atoms with Crippen molar-refractivity contribution in [3.05, 3.63) is 12.2 Å². The quantitative estimate of drug-likeness (QED) is 0.468. The van der Waals surface area contributed by atoms with Crippen molar-refractivity contribution in [2.45, 2.75) is 38.9 Å². The highest BCUT2D eigenvalue weighted by Gasteiger charge is 2.18. The molecule has 0 saturated heterocycles. The second-order valence-electron chi connectivity index (χ2n) is 2.75. The maximum atomic E-state index is 8.87. The molecule has 0 spiro atoms. The zero-order chi connectivity index (χ0) is 8.69. The van der Waals surface area contributed by atoms with Crippen LogP contribution in [0.1, 0.15) is 33.1 Å². The number of allylic oxidation sites excluding steroid dienone is 2. The van der Waals surface area contributed by atoms with Gasteiger partial charge < -0.3 is 10.0 Å². The summed E-state index contributed by atoms with van der Waals surface area (Å²) >= 11 is 0. The van der Waals surface area contributed by atoms with E-state index in [9.17, 15) is 0 Å². The Hall–Kier alpha value is -0.275. The first-order chi connectivity index (χ1) is 5.22. The second kappa shape index (κ2) is 6.44. The molecule has 0 radical (unpaired) electrons. The first-order valence-corrected chi connectivity index (χ1v) is 4.21. The summed E-state index contributed by atoms with van der Waals surface area (Å²) in [6, 6.07) is 0. The lowest BCUT2D eigenvalue weighted by atomic mass is 9.70. The minimum absolute atomic E-state index is 0.0834. The molecule has 2 nitrogen and oxygen atoms in total. The third kappa shape index (κ3) is 5.05. The third-order valence-electron chi connectivity index (χ3n) is 1.71. The molecule has 0 aliphatic carbocycles. The van der Waals surface area contributed by atoms with Crippen LogP contribution in [0.2, 0.25) is 5.82 Å². The summed E-state index contributed by atoms with van der Waals surface area (Å²) in [4.78, 5) is 0. The summed E-state index contributed by atoms with van der Waals surface area (Å²) in [5.74, 6) is -0.0834. The molecular formula is C8H17BO2. The zero-order valence-electron chi connectivity index (χ0n) is 7.33. The van der Waals surface area contributed by atoms with Gasteiger partial charge in [-0.3, -0.25) is 0 Å². The number of unbranched alkanes of at least 4 members (excludes halogenated alkanes) is 1. The van der Waals surface area contributed by atoms with Crippen LogP contribution in [0.15, 0.2) is 12.2 Å². The fraction of sp³-hybridized carbons (Fsp3) is 0.750. The molecule has 2 N–H and O–H groups in total. The van der Waals surface area contributed by atoms with Gasteiger partial charge in [0.15, 0.2) is 0 Å². The van der Waals surface area contributed by atoms with Crippen molar-refractivity contribution in [2.75, 3.05) is 0 Å². The molecule has 0 aromatic rings. The van der Waals surface area contributed by atoms with E-state index in [1.54, 1.807) is 0 Å². The molecule has 3 heteroatoms. The molecule has 0 aromatic heterocycles. The van der Waals surface area contributed by atoms with Crippen LogP contribution in [0, 0.1) is 0 Å². The Balaban J connectivity index is 3.70. The van der Waals surface area contributed by atoms with Crippen molar-refractivity contribution in [2.24, 2.45) is 0 Å². The van der Waals surface area contributed by atoms with E-state index in [-0.39, 0.29) is 5.82 Å². The van der Waals surface area contributed by atoms with Gasteiger partial charge in [-0.05, 0) is 13.3 Å². The van der Waals surface area contributed by atoms with Gasteiger partial charge in [0.2, 0.25) is 0 Å². The number of rotatable bonds is 5. The van der Waals surface area contributed by atoms with Gasteiger partial charge in [-0.25, -0.2) is 0 Å². The van der Waals surface area contributed by atoms with Crippen molar-refractivity contribution in [1.29, 1.82) is 0 Å². The Morgan fingerprint density at radius 1 is 1.45 bits per heavy atom. The van der Waals surface area contributed by atoms with Gasteiger partial charge in [-0.1, -0.05) is 31.9 Å². The first-order valence-electron chi connectivity index (χ1n) is 4.21. The summed E-state index contributed by atoms with van der Waals surface area (Å²) in [7, 11) is -1.20. The van der Waals surface area contributed by atoms with E-state index in [2.05, 4.69) is 6.92 Å². The lowest BCUT2D eigenvalue weighted by molar-refractivity contribution is 0.389. The Labute approximate surface area is 69.1 Å². The highest BCUT2D eigenvalue weighted by atomic mass is 16.4. The standard InChI is InChI=1S/C8H17BO2/c1-3-5-7-8(6-4-2)9(10)11/h4,6,8,10-11H,3,5,7H2,1-2H3/b6-4+. The molecule has 0 heterocycles.